The Balaban J connectivity index is 2.71. The molecule has 0 fully saturated rings. The Labute approximate surface area is 120 Å². The van der Waals surface area contributed by atoms with Crippen LogP contribution >= 0.6 is 0 Å². The number of carbonyl (C=O) groups excluding carboxylic acids is 1. The van der Waals surface area contributed by atoms with Gasteiger partial charge in [0, 0.05) is 25.4 Å². The summed E-state index contributed by atoms with van der Waals surface area (Å²) in [5.74, 6) is 0. The van der Waals surface area contributed by atoms with E-state index in [1.54, 1.807) is 22.7 Å². The molecule has 0 spiro atoms. The molecule has 6 heteroatoms. The number of carbonyl (C=O) groups is 1. The van der Waals surface area contributed by atoms with Gasteiger partial charge >= 0.3 is 6.09 Å². The van der Waals surface area contributed by atoms with Crippen molar-refractivity contribution in [2.75, 3.05) is 6.54 Å². The topological polar surface area (TPSA) is 67.6 Å². The Hall–Kier alpha value is -1.56. The van der Waals surface area contributed by atoms with Crippen molar-refractivity contribution in [2.45, 2.75) is 52.4 Å². The van der Waals surface area contributed by atoms with Crippen LogP contribution in [0.1, 0.15) is 39.7 Å². The van der Waals surface area contributed by atoms with Gasteiger partial charge in [-0.25, -0.2) is 4.79 Å². The summed E-state index contributed by atoms with van der Waals surface area (Å²) in [6, 6.07) is 0. The zero-order chi connectivity index (χ0) is 15.3. The van der Waals surface area contributed by atoms with Crippen LogP contribution in [0.3, 0.4) is 0 Å². The van der Waals surface area contributed by atoms with E-state index in [0.29, 0.717) is 19.5 Å². The van der Waals surface area contributed by atoms with Crippen molar-refractivity contribution in [1.29, 1.82) is 0 Å². The molecule has 0 aliphatic rings. The molecule has 0 aromatic carbocycles. The summed E-state index contributed by atoms with van der Waals surface area (Å²) >= 11 is 0. The van der Waals surface area contributed by atoms with Crippen molar-refractivity contribution in [3.05, 3.63) is 18.0 Å². The van der Waals surface area contributed by atoms with Gasteiger partial charge in [0.05, 0.1) is 18.8 Å². The third-order valence-corrected chi connectivity index (χ3v) is 2.60. The van der Waals surface area contributed by atoms with E-state index < -0.39 is 11.7 Å². The van der Waals surface area contributed by atoms with Gasteiger partial charge in [-0.05, 0) is 34.1 Å². The lowest BCUT2D eigenvalue weighted by atomic mass is 10.2. The fraction of sp³-hybridized carbons (Fsp3) is 0.714. The highest BCUT2D eigenvalue weighted by Gasteiger charge is 2.22. The molecule has 114 valence electrons. The summed E-state index contributed by atoms with van der Waals surface area (Å²) in [6.07, 6.45) is 3.27. The molecular formula is C14H25N3O3. The molecule has 0 bridgehead atoms. The highest BCUT2D eigenvalue weighted by molar-refractivity contribution is 5.68. The third-order valence-electron chi connectivity index (χ3n) is 2.60. The van der Waals surface area contributed by atoms with E-state index in [0.717, 1.165) is 5.56 Å². The Bertz CT molecular complexity index is 435. The van der Waals surface area contributed by atoms with E-state index in [4.69, 9.17) is 4.74 Å². The minimum atomic E-state index is -0.533. The smallest absolute Gasteiger partial charge is 0.410 e. The standard InChI is InChI=1S/C14H25N3O3/c1-11(18)6-7-17(13(19)20-14(2,3)4)10-12-8-15-16(5)9-12/h8-9,11,18H,6-7,10H2,1-5H3. The molecule has 0 aliphatic carbocycles. The van der Waals surface area contributed by atoms with E-state index in [-0.39, 0.29) is 6.09 Å². The molecule has 0 aliphatic heterocycles. The second-order valence-corrected chi connectivity index (χ2v) is 6.06. The normalized spacial score (nSPS) is 13.1. The lowest BCUT2D eigenvalue weighted by molar-refractivity contribution is 0.0209. The van der Waals surface area contributed by atoms with Gasteiger partial charge in [0.2, 0.25) is 0 Å². The van der Waals surface area contributed by atoms with Crippen LogP contribution in [0.4, 0.5) is 4.79 Å². The van der Waals surface area contributed by atoms with Crippen LogP contribution in [0.15, 0.2) is 12.4 Å². The molecule has 0 saturated heterocycles. The predicted molar refractivity (Wildman–Crippen MR) is 76.1 cm³/mol. The van der Waals surface area contributed by atoms with Crippen molar-refractivity contribution < 1.29 is 14.6 Å². The summed E-state index contributed by atoms with van der Waals surface area (Å²) in [4.78, 5) is 13.8. The first-order valence-electron chi connectivity index (χ1n) is 6.81. The average molecular weight is 283 g/mol. The van der Waals surface area contributed by atoms with Crippen molar-refractivity contribution in [1.82, 2.24) is 14.7 Å². The number of amides is 1. The average Bonchev–Trinajstić information content (AvgIpc) is 2.67. The largest absolute Gasteiger partial charge is 0.444 e. The second kappa shape index (κ2) is 6.74. The SMILES string of the molecule is CC(O)CCN(Cc1cnn(C)c1)C(=O)OC(C)(C)C. The van der Waals surface area contributed by atoms with Gasteiger partial charge in [-0.2, -0.15) is 5.10 Å². The summed E-state index contributed by atoms with van der Waals surface area (Å²) in [6.45, 7) is 8.08. The molecule has 1 aromatic heterocycles. The van der Waals surface area contributed by atoms with E-state index >= 15 is 0 Å². The van der Waals surface area contributed by atoms with Crippen LogP contribution < -0.4 is 0 Å². The van der Waals surface area contributed by atoms with Gasteiger partial charge < -0.3 is 14.7 Å². The lowest BCUT2D eigenvalue weighted by Gasteiger charge is -2.27. The highest BCUT2D eigenvalue weighted by atomic mass is 16.6. The van der Waals surface area contributed by atoms with Crippen LogP contribution in [-0.2, 0) is 18.3 Å². The number of aryl methyl sites for hydroxylation is 1. The lowest BCUT2D eigenvalue weighted by Crippen LogP contribution is -2.37. The van der Waals surface area contributed by atoms with Gasteiger partial charge in [-0.1, -0.05) is 0 Å². The minimum Gasteiger partial charge on any atom is -0.444 e. The van der Waals surface area contributed by atoms with Crippen LogP contribution in [0.2, 0.25) is 0 Å². The van der Waals surface area contributed by atoms with Crippen LogP contribution in [0.25, 0.3) is 0 Å². The fourth-order valence-corrected chi connectivity index (χ4v) is 1.68. The molecule has 1 heterocycles. The number of rotatable bonds is 5. The number of nitrogens with zero attached hydrogens (tertiary/aromatic N) is 3. The summed E-state index contributed by atoms with van der Waals surface area (Å²) in [7, 11) is 1.83. The second-order valence-electron chi connectivity index (χ2n) is 6.06. The first-order chi connectivity index (χ1) is 9.17. The molecule has 1 unspecified atom stereocenters. The molecule has 0 radical (unpaired) electrons. The fourth-order valence-electron chi connectivity index (χ4n) is 1.68. The Morgan fingerprint density at radius 1 is 1.55 bits per heavy atom. The quantitative estimate of drug-likeness (QED) is 0.896. The highest BCUT2D eigenvalue weighted by Crippen LogP contribution is 2.13. The number of hydrogen-bond donors (Lipinski definition) is 1. The number of aliphatic hydroxyl groups excluding tert-OH is 1. The van der Waals surface area contributed by atoms with E-state index in [9.17, 15) is 9.90 Å². The summed E-state index contributed by atoms with van der Waals surface area (Å²) in [5, 5.41) is 13.5. The maximum atomic E-state index is 12.2. The maximum absolute atomic E-state index is 12.2. The molecular weight excluding hydrogens is 258 g/mol. The summed E-state index contributed by atoms with van der Waals surface area (Å²) in [5.41, 5.74) is 0.402. The monoisotopic (exact) mass is 283 g/mol. The molecule has 1 rings (SSSR count). The van der Waals surface area contributed by atoms with Crippen LogP contribution in [0, 0.1) is 0 Å². The molecule has 1 N–H and O–H groups in total. The number of aliphatic hydroxyl groups is 1. The van der Waals surface area contributed by atoms with Crippen molar-refractivity contribution in [2.24, 2.45) is 7.05 Å². The first-order valence-corrected chi connectivity index (χ1v) is 6.81. The Morgan fingerprint density at radius 2 is 2.20 bits per heavy atom. The molecule has 0 saturated carbocycles. The molecule has 1 amide bonds. The zero-order valence-electron chi connectivity index (χ0n) is 13.0. The molecule has 6 nitrogen and oxygen atoms in total. The van der Waals surface area contributed by atoms with E-state index in [1.165, 1.54) is 0 Å². The first kappa shape index (κ1) is 16.5. The third kappa shape index (κ3) is 6.06. The zero-order valence-corrected chi connectivity index (χ0v) is 13.0. The predicted octanol–water partition coefficient (Wildman–Crippen LogP) is 1.93. The van der Waals surface area contributed by atoms with Crippen LogP contribution in [0.5, 0.6) is 0 Å². The molecule has 1 aromatic rings. The van der Waals surface area contributed by atoms with Crippen molar-refractivity contribution in [3.8, 4) is 0 Å². The van der Waals surface area contributed by atoms with Gasteiger partial charge in [0.15, 0.2) is 0 Å². The van der Waals surface area contributed by atoms with Gasteiger partial charge in [0.25, 0.3) is 0 Å². The van der Waals surface area contributed by atoms with Crippen molar-refractivity contribution >= 4 is 6.09 Å². The maximum Gasteiger partial charge on any atom is 0.410 e. The van der Waals surface area contributed by atoms with Gasteiger partial charge in [0.1, 0.15) is 5.60 Å². The van der Waals surface area contributed by atoms with Gasteiger partial charge in [-0.3, -0.25) is 4.68 Å². The van der Waals surface area contributed by atoms with Gasteiger partial charge in [-0.15, -0.1) is 0 Å². The number of ether oxygens (including phenoxy) is 1. The number of hydrogen-bond acceptors (Lipinski definition) is 4. The Kier molecular flexibility index (Phi) is 5.56. The molecule has 1 atom stereocenters. The molecule has 20 heavy (non-hydrogen) atoms. The summed E-state index contributed by atoms with van der Waals surface area (Å²) < 4.78 is 7.08. The van der Waals surface area contributed by atoms with Crippen LogP contribution in [-0.4, -0.2) is 44.1 Å². The van der Waals surface area contributed by atoms with E-state index in [2.05, 4.69) is 5.10 Å². The number of aromatic nitrogens is 2. The Morgan fingerprint density at radius 3 is 2.65 bits per heavy atom. The minimum absolute atomic E-state index is 0.373. The van der Waals surface area contributed by atoms with E-state index in [1.807, 2.05) is 34.0 Å². The van der Waals surface area contributed by atoms with Crippen molar-refractivity contribution in [3.63, 3.8) is 0 Å².